The molecule has 1 aromatic carbocycles. The Hall–Kier alpha value is -3.54. The summed E-state index contributed by atoms with van der Waals surface area (Å²) < 4.78 is 24.1. The zero-order valence-corrected chi connectivity index (χ0v) is 15.1. The first-order valence-corrected chi connectivity index (χ1v) is 8.07. The Bertz CT molecular complexity index is 763. The third-order valence-corrected chi connectivity index (χ3v) is 2.81. The second kappa shape index (κ2) is 11.1. The van der Waals surface area contributed by atoms with Gasteiger partial charge in [0.05, 0.1) is 19.8 Å². The van der Waals surface area contributed by atoms with Crippen LogP contribution in [0.3, 0.4) is 0 Å². The van der Waals surface area contributed by atoms with Gasteiger partial charge in [-0.3, -0.25) is 0 Å². The maximum atomic E-state index is 11.7. The Morgan fingerprint density at radius 1 is 0.926 bits per heavy atom. The Morgan fingerprint density at radius 3 is 2.00 bits per heavy atom. The van der Waals surface area contributed by atoms with Crippen LogP contribution in [0.5, 0.6) is 11.5 Å². The normalized spacial score (nSPS) is 10.4. The van der Waals surface area contributed by atoms with Crippen LogP contribution in [0.2, 0.25) is 0 Å². The van der Waals surface area contributed by atoms with Crippen molar-refractivity contribution in [1.29, 1.82) is 5.26 Å². The SMILES string of the molecule is CCOC(=O)Oc1ccc(C=C(C#N)C(=O)OCC)cc1OC(=O)OCC. The molecular formula is C18H19NO8. The number of nitriles is 1. The van der Waals surface area contributed by atoms with Gasteiger partial charge in [0.15, 0.2) is 11.5 Å². The van der Waals surface area contributed by atoms with Crippen molar-refractivity contribution in [1.82, 2.24) is 0 Å². The number of carbonyl (C=O) groups is 3. The summed E-state index contributed by atoms with van der Waals surface area (Å²) in [6.45, 7) is 5.09. The predicted molar refractivity (Wildman–Crippen MR) is 92.0 cm³/mol. The number of hydrogen-bond acceptors (Lipinski definition) is 9. The lowest BCUT2D eigenvalue weighted by Gasteiger charge is -2.11. The van der Waals surface area contributed by atoms with Gasteiger partial charge in [-0.1, -0.05) is 6.07 Å². The fourth-order valence-corrected chi connectivity index (χ4v) is 1.77. The predicted octanol–water partition coefficient (Wildman–Crippen LogP) is 3.23. The average molecular weight is 377 g/mol. The molecule has 0 radical (unpaired) electrons. The third kappa shape index (κ3) is 7.07. The quantitative estimate of drug-likeness (QED) is 0.232. The number of rotatable bonds is 7. The first-order valence-electron chi connectivity index (χ1n) is 8.07. The van der Waals surface area contributed by atoms with Crippen LogP contribution in [-0.2, 0) is 19.0 Å². The molecule has 9 nitrogen and oxygen atoms in total. The smallest absolute Gasteiger partial charge is 0.462 e. The number of ether oxygens (including phenoxy) is 5. The first-order chi connectivity index (χ1) is 12.9. The standard InChI is InChI=1S/C18H19NO8/c1-4-23-16(20)13(11-19)9-12-7-8-14(26-17(21)24-5-2)15(10-12)27-18(22)25-6-3/h7-10H,4-6H2,1-3H3. The maximum Gasteiger partial charge on any atom is 0.513 e. The number of nitrogens with zero attached hydrogens (tertiary/aromatic N) is 1. The number of benzene rings is 1. The molecule has 144 valence electrons. The molecule has 1 aromatic rings. The molecule has 27 heavy (non-hydrogen) atoms. The molecule has 0 aliphatic carbocycles. The van der Waals surface area contributed by atoms with Gasteiger partial charge < -0.3 is 23.7 Å². The summed E-state index contributed by atoms with van der Waals surface area (Å²) in [7, 11) is 0. The minimum absolute atomic E-state index is 0.0773. The molecule has 0 heterocycles. The Labute approximate surface area is 156 Å². The molecule has 0 saturated carbocycles. The van der Waals surface area contributed by atoms with E-state index < -0.39 is 18.3 Å². The molecule has 0 saturated heterocycles. The van der Waals surface area contributed by atoms with Gasteiger partial charge in [0, 0.05) is 0 Å². The van der Waals surface area contributed by atoms with E-state index in [-0.39, 0.29) is 36.9 Å². The van der Waals surface area contributed by atoms with E-state index in [4.69, 9.17) is 24.2 Å². The van der Waals surface area contributed by atoms with Crippen molar-refractivity contribution in [3.8, 4) is 17.6 Å². The highest BCUT2D eigenvalue weighted by molar-refractivity contribution is 5.98. The van der Waals surface area contributed by atoms with E-state index in [9.17, 15) is 14.4 Å². The molecule has 1 rings (SSSR count). The van der Waals surface area contributed by atoms with E-state index in [1.165, 1.54) is 24.3 Å². The molecule has 0 amide bonds. The highest BCUT2D eigenvalue weighted by atomic mass is 16.7. The minimum Gasteiger partial charge on any atom is -0.462 e. The van der Waals surface area contributed by atoms with Crippen LogP contribution in [0.1, 0.15) is 26.3 Å². The van der Waals surface area contributed by atoms with E-state index >= 15 is 0 Å². The second-order valence-corrected chi connectivity index (χ2v) is 4.67. The number of carbonyl (C=O) groups excluding carboxylic acids is 3. The van der Waals surface area contributed by atoms with Gasteiger partial charge >= 0.3 is 18.3 Å². The van der Waals surface area contributed by atoms with Crippen LogP contribution in [0.25, 0.3) is 6.08 Å². The van der Waals surface area contributed by atoms with Gasteiger partial charge in [-0.15, -0.1) is 0 Å². The van der Waals surface area contributed by atoms with Crippen LogP contribution in [0.15, 0.2) is 23.8 Å². The van der Waals surface area contributed by atoms with Gasteiger partial charge in [0.2, 0.25) is 0 Å². The van der Waals surface area contributed by atoms with Gasteiger partial charge in [0.25, 0.3) is 0 Å². The van der Waals surface area contributed by atoms with Crippen molar-refractivity contribution in [3.63, 3.8) is 0 Å². The Kier molecular flexibility index (Phi) is 8.88. The third-order valence-electron chi connectivity index (χ3n) is 2.81. The highest BCUT2D eigenvalue weighted by Crippen LogP contribution is 2.30. The molecule has 0 N–H and O–H groups in total. The topological polar surface area (TPSA) is 121 Å². The average Bonchev–Trinajstić information content (AvgIpc) is 2.62. The van der Waals surface area contributed by atoms with Gasteiger partial charge in [-0.05, 0) is 44.5 Å². The monoisotopic (exact) mass is 377 g/mol. The number of hydrogen-bond donors (Lipinski definition) is 0. The van der Waals surface area contributed by atoms with E-state index in [0.717, 1.165) is 0 Å². The Morgan fingerprint density at radius 2 is 1.48 bits per heavy atom. The maximum absolute atomic E-state index is 11.7. The zero-order chi connectivity index (χ0) is 20.2. The van der Waals surface area contributed by atoms with Gasteiger partial charge in [-0.25, -0.2) is 14.4 Å². The summed E-state index contributed by atoms with van der Waals surface area (Å²) in [5.41, 5.74) is 0.0770. The van der Waals surface area contributed by atoms with Crippen molar-refractivity contribution >= 4 is 24.4 Å². The molecule has 0 bridgehead atoms. The molecular weight excluding hydrogens is 358 g/mol. The molecule has 0 aliphatic rings. The fourth-order valence-electron chi connectivity index (χ4n) is 1.77. The highest BCUT2D eigenvalue weighted by Gasteiger charge is 2.17. The summed E-state index contributed by atoms with van der Waals surface area (Å²) in [4.78, 5) is 34.8. The van der Waals surface area contributed by atoms with Crippen LogP contribution in [0, 0.1) is 11.3 Å². The van der Waals surface area contributed by atoms with E-state index in [2.05, 4.69) is 4.74 Å². The lowest BCUT2D eigenvalue weighted by molar-refractivity contribution is -0.137. The van der Waals surface area contributed by atoms with Crippen molar-refractivity contribution in [2.45, 2.75) is 20.8 Å². The fraction of sp³-hybridized carbons (Fsp3) is 0.333. The molecule has 0 fully saturated rings. The van der Waals surface area contributed by atoms with Gasteiger partial charge in [0.1, 0.15) is 11.6 Å². The van der Waals surface area contributed by atoms with Crippen LogP contribution >= 0.6 is 0 Å². The molecule has 0 unspecified atom stereocenters. The van der Waals surface area contributed by atoms with Crippen molar-refractivity contribution in [3.05, 3.63) is 29.3 Å². The molecule has 9 heteroatoms. The molecule has 0 spiro atoms. The van der Waals surface area contributed by atoms with Crippen molar-refractivity contribution < 1.29 is 38.1 Å². The van der Waals surface area contributed by atoms with Crippen molar-refractivity contribution in [2.75, 3.05) is 19.8 Å². The molecule has 0 aromatic heterocycles. The van der Waals surface area contributed by atoms with Crippen LogP contribution < -0.4 is 9.47 Å². The zero-order valence-electron chi connectivity index (χ0n) is 15.1. The lowest BCUT2D eigenvalue weighted by Crippen LogP contribution is -2.14. The second-order valence-electron chi connectivity index (χ2n) is 4.67. The van der Waals surface area contributed by atoms with E-state index in [1.54, 1.807) is 26.8 Å². The first kappa shape index (κ1) is 21.5. The minimum atomic E-state index is -1.02. The van der Waals surface area contributed by atoms with Crippen LogP contribution in [-0.4, -0.2) is 38.1 Å². The molecule has 0 atom stereocenters. The van der Waals surface area contributed by atoms with Crippen LogP contribution in [0.4, 0.5) is 9.59 Å². The number of esters is 1. The summed E-state index contributed by atoms with van der Waals surface area (Å²) in [5.74, 6) is -1.05. The van der Waals surface area contributed by atoms with Gasteiger partial charge in [-0.2, -0.15) is 5.26 Å². The molecule has 0 aliphatic heterocycles. The Balaban J connectivity index is 3.21. The summed E-state index contributed by atoms with van der Waals surface area (Å²) in [6, 6.07) is 5.79. The summed E-state index contributed by atoms with van der Waals surface area (Å²) in [5, 5.41) is 9.09. The summed E-state index contributed by atoms with van der Waals surface area (Å²) in [6.07, 6.45) is -0.763. The summed E-state index contributed by atoms with van der Waals surface area (Å²) >= 11 is 0. The largest absolute Gasteiger partial charge is 0.513 e. The lowest BCUT2D eigenvalue weighted by atomic mass is 10.1. The van der Waals surface area contributed by atoms with E-state index in [1.807, 2.05) is 0 Å². The van der Waals surface area contributed by atoms with E-state index in [0.29, 0.717) is 5.56 Å². The van der Waals surface area contributed by atoms with Crippen molar-refractivity contribution in [2.24, 2.45) is 0 Å².